The van der Waals surface area contributed by atoms with E-state index in [0.717, 1.165) is 16.0 Å². The zero-order chi connectivity index (χ0) is 15.9. The number of anilines is 1. The number of primary amides is 1. The molecule has 1 aromatic carbocycles. The third kappa shape index (κ3) is 2.48. The fourth-order valence-corrected chi connectivity index (χ4v) is 3.83. The van der Waals surface area contributed by atoms with Crippen LogP contribution in [0.15, 0.2) is 30.5 Å². The van der Waals surface area contributed by atoms with Crippen molar-refractivity contribution in [3.05, 3.63) is 46.5 Å². The van der Waals surface area contributed by atoms with E-state index in [1.54, 1.807) is 6.20 Å². The van der Waals surface area contributed by atoms with Crippen molar-refractivity contribution in [1.29, 1.82) is 0 Å². The fourth-order valence-electron chi connectivity index (χ4n) is 2.87. The molecule has 3 rings (SSSR count). The molecule has 116 valence electrons. The summed E-state index contributed by atoms with van der Waals surface area (Å²) >= 11 is 1.44. The van der Waals surface area contributed by atoms with E-state index >= 15 is 0 Å². The van der Waals surface area contributed by atoms with Crippen LogP contribution >= 0.6 is 11.3 Å². The van der Waals surface area contributed by atoms with Gasteiger partial charge in [-0.05, 0) is 17.0 Å². The number of aromatic nitrogens is 1. The summed E-state index contributed by atoms with van der Waals surface area (Å²) in [5, 5.41) is 11.0. The molecule has 0 bridgehead atoms. The predicted octanol–water partition coefficient (Wildman–Crippen LogP) is 2.81. The summed E-state index contributed by atoms with van der Waals surface area (Å²) in [5.74, 6) is 0.335. The molecule has 2 aromatic rings. The van der Waals surface area contributed by atoms with Gasteiger partial charge in [-0.3, -0.25) is 4.90 Å². The summed E-state index contributed by atoms with van der Waals surface area (Å²) < 4.78 is 0. The number of rotatable bonds is 3. The second-order valence-electron chi connectivity index (χ2n) is 5.82. The lowest BCUT2D eigenvalue weighted by Crippen LogP contribution is -2.42. The molecular weight excluding hydrogens is 298 g/mol. The molecule has 6 heteroatoms. The summed E-state index contributed by atoms with van der Waals surface area (Å²) in [5.41, 5.74) is 7.58. The van der Waals surface area contributed by atoms with E-state index in [1.165, 1.54) is 16.2 Å². The van der Waals surface area contributed by atoms with E-state index in [2.05, 4.69) is 18.8 Å². The van der Waals surface area contributed by atoms with Gasteiger partial charge in [0.1, 0.15) is 0 Å². The van der Waals surface area contributed by atoms with Crippen LogP contribution in [-0.4, -0.2) is 22.2 Å². The highest BCUT2D eigenvalue weighted by Gasteiger charge is 2.39. The van der Waals surface area contributed by atoms with Gasteiger partial charge >= 0.3 is 6.03 Å². The van der Waals surface area contributed by atoms with Gasteiger partial charge in [-0.25, -0.2) is 9.78 Å². The van der Waals surface area contributed by atoms with Crippen LogP contribution in [0.25, 0.3) is 0 Å². The fraction of sp³-hybridized carbons (Fsp3) is 0.375. The number of hydrogen-bond acceptors (Lipinski definition) is 4. The standard InChI is InChI=1S/C16H19N3O2S/c1-9(2)13-8-18-16(22-13)19(15(17)21)14-11-6-4-3-5-10(11)7-12(14)20/h3-6,8-9,12,14,20H,7H2,1-2H3,(H2,17,21)/t12-,14+/m0/s1. The highest BCUT2D eigenvalue weighted by molar-refractivity contribution is 7.15. The largest absolute Gasteiger partial charge is 0.390 e. The number of urea groups is 1. The van der Waals surface area contributed by atoms with Gasteiger partial charge in [-0.2, -0.15) is 0 Å². The first kappa shape index (κ1) is 15.0. The Morgan fingerprint density at radius 2 is 2.18 bits per heavy atom. The lowest BCUT2D eigenvalue weighted by molar-refractivity contribution is 0.154. The van der Waals surface area contributed by atoms with Crippen molar-refractivity contribution in [1.82, 2.24) is 4.98 Å². The molecule has 1 heterocycles. The van der Waals surface area contributed by atoms with Gasteiger partial charge in [-0.1, -0.05) is 38.1 Å². The molecule has 1 aliphatic carbocycles. The highest BCUT2D eigenvalue weighted by atomic mass is 32.1. The van der Waals surface area contributed by atoms with E-state index in [0.29, 0.717) is 17.5 Å². The summed E-state index contributed by atoms with van der Waals surface area (Å²) in [6, 6.07) is 6.68. The van der Waals surface area contributed by atoms with Crippen LogP contribution in [0, 0.1) is 0 Å². The number of fused-ring (bicyclic) bond motifs is 1. The number of hydrogen-bond donors (Lipinski definition) is 2. The Bertz CT molecular complexity index is 698. The number of aliphatic hydroxyl groups is 1. The summed E-state index contributed by atoms with van der Waals surface area (Å²) in [6.07, 6.45) is 1.62. The summed E-state index contributed by atoms with van der Waals surface area (Å²) in [7, 11) is 0. The van der Waals surface area contributed by atoms with Crippen molar-refractivity contribution in [3.8, 4) is 0 Å². The molecular formula is C16H19N3O2S. The van der Waals surface area contributed by atoms with Crippen LogP contribution in [0.2, 0.25) is 0 Å². The molecule has 0 spiro atoms. The molecule has 0 fully saturated rings. The van der Waals surface area contributed by atoms with Crippen molar-refractivity contribution in [3.63, 3.8) is 0 Å². The van der Waals surface area contributed by atoms with Gasteiger partial charge in [-0.15, -0.1) is 11.3 Å². The zero-order valence-electron chi connectivity index (χ0n) is 12.6. The van der Waals surface area contributed by atoms with Crippen LogP contribution in [0.3, 0.4) is 0 Å². The van der Waals surface area contributed by atoms with Crippen LogP contribution in [0.1, 0.15) is 41.8 Å². The highest BCUT2D eigenvalue weighted by Crippen LogP contribution is 2.40. The van der Waals surface area contributed by atoms with Gasteiger partial charge in [0.2, 0.25) is 0 Å². The number of thiazole rings is 1. The number of amides is 2. The Balaban J connectivity index is 2.03. The molecule has 0 aliphatic heterocycles. The number of benzene rings is 1. The first-order chi connectivity index (χ1) is 10.5. The minimum Gasteiger partial charge on any atom is -0.390 e. The van der Waals surface area contributed by atoms with Gasteiger partial charge in [0.15, 0.2) is 5.13 Å². The number of nitrogens with two attached hydrogens (primary N) is 1. The number of nitrogens with zero attached hydrogens (tertiary/aromatic N) is 2. The molecule has 3 N–H and O–H groups in total. The number of carbonyl (C=O) groups excluding carboxylic acids is 1. The maximum atomic E-state index is 12.0. The van der Waals surface area contributed by atoms with E-state index in [-0.39, 0.29) is 0 Å². The van der Waals surface area contributed by atoms with Crippen LogP contribution < -0.4 is 10.6 Å². The minimum absolute atomic E-state index is 0.335. The van der Waals surface area contributed by atoms with Crippen molar-refractivity contribution >= 4 is 22.5 Å². The van der Waals surface area contributed by atoms with E-state index in [4.69, 9.17) is 5.73 Å². The second-order valence-corrected chi connectivity index (χ2v) is 6.86. The molecule has 2 amide bonds. The smallest absolute Gasteiger partial charge is 0.321 e. The molecule has 0 radical (unpaired) electrons. The Labute approximate surface area is 133 Å². The van der Waals surface area contributed by atoms with Crippen molar-refractivity contribution < 1.29 is 9.90 Å². The normalized spacial score (nSPS) is 20.2. The Kier molecular flexibility index (Phi) is 3.88. The van der Waals surface area contributed by atoms with Crippen LogP contribution in [0.5, 0.6) is 0 Å². The molecule has 5 nitrogen and oxygen atoms in total. The van der Waals surface area contributed by atoms with Crippen molar-refractivity contribution in [2.45, 2.75) is 38.3 Å². The monoisotopic (exact) mass is 317 g/mol. The van der Waals surface area contributed by atoms with Gasteiger partial charge in [0, 0.05) is 17.5 Å². The topological polar surface area (TPSA) is 79.5 Å². The zero-order valence-corrected chi connectivity index (χ0v) is 13.4. The molecule has 1 aliphatic rings. The number of aliphatic hydroxyl groups excluding tert-OH is 1. The molecule has 0 saturated heterocycles. The van der Waals surface area contributed by atoms with Crippen LogP contribution in [0.4, 0.5) is 9.93 Å². The third-order valence-corrected chi connectivity index (χ3v) is 5.27. The van der Waals surface area contributed by atoms with E-state index in [1.807, 2.05) is 24.3 Å². The van der Waals surface area contributed by atoms with Gasteiger partial charge < -0.3 is 10.8 Å². The maximum absolute atomic E-state index is 12.0. The van der Waals surface area contributed by atoms with E-state index < -0.39 is 18.2 Å². The number of carbonyl (C=O) groups is 1. The first-order valence-corrected chi connectivity index (χ1v) is 8.11. The minimum atomic E-state index is -0.670. The molecule has 1 aromatic heterocycles. The Hall–Kier alpha value is -1.92. The van der Waals surface area contributed by atoms with Crippen molar-refractivity contribution in [2.75, 3.05) is 4.90 Å². The molecule has 0 saturated carbocycles. The predicted molar refractivity (Wildman–Crippen MR) is 87.2 cm³/mol. The van der Waals surface area contributed by atoms with Gasteiger partial charge in [0.05, 0.1) is 12.1 Å². The quantitative estimate of drug-likeness (QED) is 0.913. The lowest BCUT2D eigenvalue weighted by Gasteiger charge is -2.28. The average Bonchev–Trinajstić information content (AvgIpc) is 3.05. The first-order valence-electron chi connectivity index (χ1n) is 7.29. The molecule has 0 unspecified atom stereocenters. The average molecular weight is 317 g/mol. The second kappa shape index (κ2) is 5.70. The van der Waals surface area contributed by atoms with Gasteiger partial charge in [0.25, 0.3) is 0 Å². The van der Waals surface area contributed by atoms with Crippen molar-refractivity contribution in [2.24, 2.45) is 5.73 Å². The Morgan fingerprint density at radius 3 is 2.82 bits per heavy atom. The van der Waals surface area contributed by atoms with Crippen LogP contribution in [-0.2, 0) is 6.42 Å². The molecule has 2 atom stereocenters. The Morgan fingerprint density at radius 1 is 1.45 bits per heavy atom. The summed E-state index contributed by atoms with van der Waals surface area (Å²) in [4.78, 5) is 18.9. The summed E-state index contributed by atoms with van der Waals surface area (Å²) in [6.45, 7) is 4.15. The molecule has 22 heavy (non-hydrogen) atoms. The van der Waals surface area contributed by atoms with E-state index in [9.17, 15) is 9.90 Å². The third-order valence-electron chi connectivity index (χ3n) is 3.97. The SMILES string of the molecule is CC(C)c1cnc(N(C(N)=O)[C@@H]2c3ccccc3C[C@@H]2O)s1. The lowest BCUT2D eigenvalue weighted by atomic mass is 10.1. The maximum Gasteiger partial charge on any atom is 0.321 e.